The highest BCUT2D eigenvalue weighted by Crippen LogP contribution is 2.27. The molecule has 9 heteroatoms. The molecule has 1 saturated heterocycles. The minimum atomic E-state index is -0.677. The van der Waals surface area contributed by atoms with Gasteiger partial charge in [-0.1, -0.05) is 60.1 Å². The van der Waals surface area contributed by atoms with Crippen molar-refractivity contribution >= 4 is 35.7 Å². The number of hydrazone groups is 1. The molecular weight excluding hydrogens is 392 g/mol. The van der Waals surface area contributed by atoms with E-state index >= 15 is 0 Å². The molecule has 2 atom stereocenters. The van der Waals surface area contributed by atoms with Crippen LogP contribution in [0.3, 0.4) is 0 Å². The van der Waals surface area contributed by atoms with Gasteiger partial charge in [0.1, 0.15) is 0 Å². The number of nitrogens with zero attached hydrogens (tertiary/aromatic N) is 4. The van der Waals surface area contributed by atoms with Gasteiger partial charge in [-0.3, -0.25) is 10.1 Å². The van der Waals surface area contributed by atoms with Crippen LogP contribution in [0.2, 0.25) is 5.02 Å². The largest absolute Gasteiger partial charge is 0.325 e. The molecule has 29 heavy (non-hydrogen) atoms. The Bertz CT molecular complexity index is 993. The summed E-state index contributed by atoms with van der Waals surface area (Å²) in [5.41, 5.74) is 4.67. The van der Waals surface area contributed by atoms with Crippen molar-refractivity contribution in [3.05, 3.63) is 70.7 Å². The predicted molar refractivity (Wildman–Crippen MR) is 110 cm³/mol. The SMILES string of the molecule is CN1C(=O)NC(=O)C2C1N=C(N/N=C/c1ccccc1)N2Cc1ccccc1Cl. The minimum Gasteiger partial charge on any atom is -0.321 e. The molecule has 1 fully saturated rings. The van der Waals surface area contributed by atoms with Gasteiger partial charge in [-0.05, 0) is 17.2 Å². The number of rotatable bonds is 4. The van der Waals surface area contributed by atoms with Gasteiger partial charge >= 0.3 is 6.03 Å². The van der Waals surface area contributed by atoms with Crippen molar-refractivity contribution < 1.29 is 9.59 Å². The second kappa shape index (κ2) is 7.92. The number of benzene rings is 2. The van der Waals surface area contributed by atoms with Crippen molar-refractivity contribution in [1.29, 1.82) is 0 Å². The normalized spacial score (nSPS) is 21.2. The van der Waals surface area contributed by atoms with E-state index in [0.29, 0.717) is 17.5 Å². The molecule has 2 N–H and O–H groups in total. The first kappa shape index (κ1) is 18.9. The summed E-state index contributed by atoms with van der Waals surface area (Å²) in [6, 6.07) is 15.8. The Hall–Kier alpha value is -3.39. The first-order valence-corrected chi connectivity index (χ1v) is 9.42. The molecule has 0 bridgehead atoms. The topological polar surface area (TPSA) is 89.4 Å². The maximum Gasteiger partial charge on any atom is 0.325 e. The van der Waals surface area contributed by atoms with Gasteiger partial charge in [0.2, 0.25) is 5.96 Å². The van der Waals surface area contributed by atoms with Gasteiger partial charge in [-0.25, -0.2) is 15.2 Å². The highest BCUT2D eigenvalue weighted by Gasteiger charge is 2.48. The second-order valence-corrected chi connectivity index (χ2v) is 7.12. The maximum atomic E-state index is 12.6. The Morgan fingerprint density at radius 1 is 1.17 bits per heavy atom. The average Bonchev–Trinajstić information content (AvgIpc) is 3.08. The molecule has 2 aromatic carbocycles. The van der Waals surface area contributed by atoms with E-state index < -0.39 is 24.1 Å². The molecule has 4 rings (SSSR count). The molecule has 2 aromatic rings. The second-order valence-electron chi connectivity index (χ2n) is 6.72. The van der Waals surface area contributed by atoms with Gasteiger partial charge in [-0.15, -0.1) is 0 Å². The van der Waals surface area contributed by atoms with E-state index in [1.54, 1.807) is 24.2 Å². The Morgan fingerprint density at radius 3 is 2.66 bits per heavy atom. The third-order valence-electron chi connectivity index (χ3n) is 4.84. The fourth-order valence-electron chi connectivity index (χ4n) is 3.31. The van der Waals surface area contributed by atoms with E-state index in [-0.39, 0.29) is 0 Å². The summed E-state index contributed by atoms with van der Waals surface area (Å²) >= 11 is 6.32. The number of halogens is 1. The van der Waals surface area contributed by atoms with Crippen molar-refractivity contribution in [1.82, 2.24) is 20.5 Å². The lowest BCUT2D eigenvalue weighted by atomic mass is 10.1. The van der Waals surface area contributed by atoms with Crippen LogP contribution in [0, 0.1) is 0 Å². The van der Waals surface area contributed by atoms with Crippen molar-refractivity contribution in [2.24, 2.45) is 10.1 Å². The fourth-order valence-corrected chi connectivity index (χ4v) is 3.50. The minimum absolute atomic E-state index is 0.336. The average molecular weight is 411 g/mol. The zero-order valence-electron chi connectivity index (χ0n) is 15.6. The predicted octanol–water partition coefficient (Wildman–Crippen LogP) is 2.01. The Labute approximate surface area is 172 Å². The van der Waals surface area contributed by atoms with Gasteiger partial charge in [0, 0.05) is 18.6 Å². The molecule has 3 amide bonds. The summed E-state index contributed by atoms with van der Waals surface area (Å²) in [5, 5.41) is 7.20. The van der Waals surface area contributed by atoms with Crippen molar-refractivity contribution in [3.63, 3.8) is 0 Å². The van der Waals surface area contributed by atoms with E-state index in [1.807, 2.05) is 48.5 Å². The van der Waals surface area contributed by atoms with Crippen molar-refractivity contribution in [3.8, 4) is 0 Å². The number of carbonyl (C=O) groups is 2. The summed E-state index contributed by atoms with van der Waals surface area (Å²) in [7, 11) is 1.60. The molecular formula is C20H19ClN6O2. The molecule has 0 radical (unpaired) electrons. The standard InChI is InChI=1S/C20H19ClN6O2/c1-26-17-16(18(28)24-20(26)29)27(12-14-9-5-6-10-15(14)21)19(23-17)25-22-11-13-7-3-2-4-8-13/h2-11,16-17H,12H2,1H3,(H,23,25)(H,24,28,29)/b22-11+. The Kier molecular flexibility index (Phi) is 5.18. The molecule has 0 aliphatic carbocycles. The van der Waals surface area contributed by atoms with E-state index in [1.165, 1.54) is 4.90 Å². The number of hydrogen-bond acceptors (Lipinski definition) is 6. The van der Waals surface area contributed by atoms with Crippen LogP contribution in [-0.4, -0.2) is 53.2 Å². The smallest absolute Gasteiger partial charge is 0.321 e. The van der Waals surface area contributed by atoms with Gasteiger partial charge < -0.3 is 9.80 Å². The number of urea groups is 1. The number of nitrogens with one attached hydrogen (secondary N) is 2. The third kappa shape index (κ3) is 3.79. The number of likely N-dealkylation sites (N-methyl/N-ethyl adjacent to an activating group) is 1. The van der Waals surface area contributed by atoms with Crippen LogP contribution in [0.15, 0.2) is 64.7 Å². The quantitative estimate of drug-likeness (QED) is 0.596. The molecule has 8 nitrogen and oxygen atoms in total. The monoisotopic (exact) mass is 410 g/mol. The molecule has 148 valence electrons. The number of fused-ring (bicyclic) bond motifs is 1. The number of carbonyl (C=O) groups excluding carboxylic acids is 2. The first-order valence-electron chi connectivity index (χ1n) is 9.04. The van der Waals surface area contributed by atoms with Crippen LogP contribution in [0.4, 0.5) is 4.79 Å². The summed E-state index contributed by atoms with van der Waals surface area (Å²) in [5.74, 6) is -0.0125. The van der Waals surface area contributed by atoms with Gasteiger partial charge in [0.25, 0.3) is 5.91 Å². The van der Waals surface area contributed by atoms with Crippen LogP contribution in [0.5, 0.6) is 0 Å². The zero-order valence-corrected chi connectivity index (χ0v) is 16.4. The summed E-state index contributed by atoms with van der Waals surface area (Å²) in [6.45, 7) is 0.336. The lowest BCUT2D eigenvalue weighted by Crippen LogP contribution is -2.63. The molecule has 2 heterocycles. The zero-order chi connectivity index (χ0) is 20.4. The summed E-state index contributed by atoms with van der Waals surface area (Å²) in [4.78, 5) is 32.3. The fraction of sp³-hybridized carbons (Fsp3) is 0.200. The number of aliphatic imine (C=N–C) groups is 1. The lowest BCUT2D eigenvalue weighted by Gasteiger charge is -2.36. The third-order valence-corrected chi connectivity index (χ3v) is 5.21. The summed E-state index contributed by atoms with van der Waals surface area (Å²) < 4.78 is 0. The van der Waals surface area contributed by atoms with Crippen molar-refractivity contribution in [2.45, 2.75) is 18.8 Å². The first-order chi connectivity index (χ1) is 14.0. The molecule has 0 saturated carbocycles. The van der Waals surface area contributed by atoms with Gasteiger partial charge in [-0.2, -0.15) is 5.10 Å². The van der Waals surface area contributed by atoms with Gasteiger partial charge in [0.05, 0.1) is 6.21 Å². The molecule has 2 unspecified atom stereocenters. The lowest BCUT2D eigenvalue weighted by molar-refractivity contribution is -0.127. The van der Waals surface area contributed by atoms with Crippen LogP contribution >= 0.6 is 11.6 Å². The highest BCUT2D eigenvalue weighted by molar-refractivity contribution is 6.31. The van der Waals surface area contributed by atoms with E-state index in [9.17, 15) is 9.59 Å². The molecule has 0 aromatic heterocycles. The van der Waals surface area contributed by atoms with Crippen LogP contribution in [-0.2, 0) is 11.3 Å². The summed E-state index contributed by atoms with van der Waals surface area (Å²) in [6.07, 6.45) is 1.01. The van der Waals surface area contributed by atoms with Crippen LogP contribution in [0.25, 0.3) is 0 Å². The van der Waals surface area contributed by atoms with E-state index in [4.69, 9.17) is 11.6 Å². The Morgan fingerprint density at radius 2 is 1.90 bits per heavy atom. The number of hydrogen-bond donors (Lipinski definition) is 2. The van der Waals surface area contributed by atoms with Crippen molar-refractivity contribution in [2.75, 3.05) is 7.05 Å². The number of guanidine groups is 1. The Balaban J connectivity index is 1.62. The van der Waals surface area contributed by atoms with Crippen LogP contribution < -0.4 is 10.7 Å². The van der Waals surface area contributed by atoms with Gasteiger partial charge in [0.15, 0.2) is 12.2 Å². The maximum absolute atomic E-state index is 12.6. The molecule has 2 aliphatic heterocycles. The van der Waals surface area contributed by atoms with E-state index in [0.717, 1.165) is 11.1 Å². The van der Waals surface area contributed by atoms with E-state index in [2.05, 4.69) is 20.8 Å². The molecule has 2 aliphatic rings. The highest BCUT2D eigenvalue weighted by atomic mass is 35.5. The van der Waals surface area contributed by atoms with Crippen LogP contribution in [0.1, 0.15) is 11.1 Å². The number of amides is 3. The number of imide groups is 1. The molecule has 0 spiro atoms.